The van der Waals surface area contributed by atoms with Crippen molar-refractivity contribution in [3.8, 4) is 34.5 Å². The Morgan fingerprint density at radius 3 is 1.13 bits per heavy atom. The molecule has 0 radical (unpaired) electrons. The van der Waals surface area contributed by atoms with Crippen LogP contribution in [0.25, 0.3) is 0 Å². The summed E-state index contributed by atoms with van der Waals surface area (Å²) in [6.45, 7) is 2.05. The predicted octanol–water partition coefficient (Wildman–Crippen LogP) is 3.48. The van der Waals surface area contributed by atoms with E-state index in [2.05, 4.69) is 31.9 Å². The molecule has 20 heteroatoms. The van der Waals surface area contributed by atoms with Crippen molar-refractivity contribution in [2.24, 2.45) is 22.8 Å². The number of benzene rings is 3. The molecule has 71 heavy (non-hydrogen) atoms. The van der Waals surface area contributed by atoms with Crippen molar-refractivity contribution in [3.05, 3.63) is 69.8 Å². The standard InChI is InChI=1S/C51H70N8O12/c1-66-38-24-40(68-3)34(21-32(38)45(60)54-19-7-17-52)47(62)56-28-29-13-15-51(16-14-29)27-44(51)59-50(65)37-23-36(42(70-5)26-43(37)71-6)49(64)58-31-11-9-30(10-12-31)57-48(63)35-22-33(46(61)55-20-8-18-53)39(67-2)25-41(35)69-4/h21-26,29-31,44H,7-20,27-28,52-53H2,1-6H3,(H,54,60)(H,55,61)(H,56,62)(H,57,63)(H,58,64)(H,59,65). The number of methoxy groups -OCH3 is 6. The summed E-state index contributed by atoms with van der Waals surface area (Å²) in [5.74, 6) is -0.489. The molecule has 3 aromatic rings. The van der Waals surface area contributed by atoms with Crippen molar-refractivity contribution in [2.75, 3.05) is 75.4 Å². The van der Waals surface area contributed by atoms with E-state index in [0.29, 0.717) is 71.2 Å². The van der Waals surface area contributed by atoms with Crippen LogP contribution in [0.1, 0.15) is 133 Å². The number of carbonyl (C=O) groups is 6. The molecule has 6 amide bonds. The molecule has 1 atom stereocenters. The Morgan fingerprint density at radius 1 is 0.465 bits per heavy atom. The van der Waals surface area contributed by atoms with Gasteiger partial charge in [0.25, 0.3) is 35.4 Å². The van der Waals surface area contributed by atoms with Gasteiger partial charge in [-0.1, -0.05) is 0 Å². The lowest BCUT2D eigenvalue weighted by Crippen LogP contribution is -2.44. The van der Waals surface area contributed by atoms with Gasteiger partial charge in [-0.15, -0.1) is 0 Å². The van der Waals surface area contributed by atoms with Crippen molar-refractivity contribution in [1.82, 2.24) is 31.9 Å². The fourth-order valence-corrected chi connectivity index (χ4v) is 9.60. The molecule has 3 aliphatic carbocycles. The van der Waals surface area contributed by atoms with Crippen LogP contribution in [0.3, 0.4) is 0 Å². The second kappa shape index (κ2) is 24.8. The zero-order valence-electron chi connectivity index (χ0n) is 41.6. The van der Waals surface area contributed by atoms with Crippen LogP contribution in [0, 0.1) is 11.3 Å². The van der Waals surface area contributed by atoms with Crippen molar-refractivity contribution < 1.29 is 57.2 Å². The maximum absolute atomic E-state index is 13.9. The van der Waals surface area contributed by atoms with Crippen molar-refractivity contribution in [1.29, 1.82) is 0 Å². The van der Waals surface area contributed by atoms with Crippen LogP contribution in [-0.4, -0.2) is 129 Å². The van der Waals surface area contributed by atoms with Gasteiger partial charge in [-0.05, 0) is 113 Å². The molecule has 3 fully saturated rings. The van der Waals surface area contributed by atoms with E-state index < -0.39 is 17.7 Å². The van der Waals surface area contributed by atoms with Gasteiger partial charge in [0.1, 0.15) is 34.5 Å². The molecule has 3 aliphatic rings. The summed E-state index contributed by atoms with van der Waals surface area (Å²) in [7, 11) is 8.68. The zero-order valence-corrected chi connectivity index (χ0v) is 41.6. The highest BCUT2D eigenvalue weighted by molar-refractivity contribution is 6.05. The average Bonchev–Trinajstić information content (AvgIpc) is 4.06. The number of hydrogen-bond acceptors (Lipinski definition) is 14. The first-order valence-electron chi connectivity index (χ1n) is 24.2. The highest BCUT2D eigenvalue weighted by atomic mass is 16.5. The molecule has 0 saturated heterocycles. The fourth-order valence-electron chi connectivity index (χ4n) is 9.60. The minimum absolute atomic E-state index is 0.0652. The third kappa shape index (κ3) is 12.9. The zero-order chi connectivity index (χ0) is 51.2. The SMILES string of the molecule is COc1cc(OC)c(C(=O)NCC2CCC3(CC2)CC3NC(=O)c2cc(C(=O)NC3CCC(NC(=O)c4cc(C(=O)NCCCN)c(OC)cc4OC)CC3)c(OC)cc2OC)cc1C(=O)NCCCN. The molecule has 6 rings (SSSR count). The van der Waals surface area contributed by atoms with Gasteiger partial charge >= 0.3 is 0 Å². The molecule has 1 spiro atoms. The van der Waals surface area contributed by atoms with Gasteiger partial charge in [0.05, 0.1) is 76.0 Å². The van der Waals surface area contributed by atoms with E-state index >= 15 is 0 Å². The van der Waals surface area contributed by atoms with Gasteiger partial charge in [0.15, 0.2) is 0 Å². The van der Waals surface area contributed by atoms with E-state index in [9.17, 15) is 28.8 Å². The number of rotatable bonds is 23. The first-order valence-corrected chi connectivity index (χ1v) is 24.2. The maximum atomic E-state index is 13.9. The Morgan fingerprint density at radius 2 is 0.789 bits per heavy atom. The normalized spacial score (nSPS) is 20.1. The number of hydrogen-bond donors (Lipinski definition) is 8. The lowest BCUT2D eigenvalue weighted by molar-refractivity contribution is 0.0887. The second-order valence-electron chi connectivity index (χ2n) is 18.3. The third-order valence-electron chi connectivity index (χ3n) is 13.9. The van der Waals surface area contributed by atoms with E-state index in [1.165, 1.54) is 73.0 Å². The average molecular weight is 987 g/mol. The molecule has 0 heterocycles. The van der Waals surface area contributed by atoms with Gasteiger partial charge < -0.3 is 71.8 Å². The smallest absolute Gasteiger partial charge is 0.255 e. The number of ether oxygens (including phenoxy) is 6. The van der Waals surface area contributed by atoms with Gasteiger partial charge in [-0.3, -0.25) is 28.8 Å². The minimum atomic E-state index is -0.408. The Bertz CT molecular complexity index is 2410. The molecule has 1 unspecified atom stereocenters. The fraction of sp³-hybridized carbons (Fsp3) is 0.529. The van der Waals surface area contributed by atoms with Crippen LogP contribution in [0.5, 0.6) is 34.5 Å². The number of carbonyl (C=O) groups excluding carboxylic acids is 6. The van der Waals surface area contributed by atoms with Crippen LogP contribution >= 0.6 is 0 Å². The molecule has 386 valence electrons. The van der Waals surface area contributed by atoms with E-state index in [1.807, 2.05) is 0 Å². The molecule has 0 bridgehead atoms. The van der Waals surface area contributed by atoms with Gasteiger partial charge in [-0.25, -0.2) is 0 Å². The molecular formula is C51H70N8O12. The molecule has 20 nitrogen and oxygen atoms in total. The quantitative estimate of drug-likeness (QED) is 0.0632. The van der Waals surface area contributed by atoms with E-state index in [4.69, 9.17) is 39.9 Å². The second-order valence-corrected chi connectivity index (χ2v) is 18.3. The van der Waals surface area contributed by atoms with E-state index in [0.717, 1.165) is 32.1 Å². The Hall–Kier alpha value is -6.80. The van der Waals surface area contributed by atoms with Gasteiger partial charge in [0.2, 0.25) is 0 Å². The Kier molecular flexibility index (Phi) is 18.7. The van der Waals surface area contributed by atoms with Crippen LogP contribution in [0.2, 0.25) is 0 Å². The summed E-state index contributed by atoms with van der Waals surface area (Å²) in [5, 5.41) is 18.0. The minimum Gasteiger partial charge on any atom is -0.496 e. The van der Waals surface area contributed by atoms with E-state index in [1.54, 1.807) is 6.07 Å². The summed E-state index contributed by atoms with van der Waals surface area (Å²) in [5.41, 5.74) is 12.3. The van der Waals surface area contributed by atoms with Crippen LogP contribution in [-0.2, 0) is 0 Å². The lowest BCUT2D eigenvalue weighted by atomic mass is 9.79. The Labute approximate surface area is 414 Å². The molecule has 0 aromatic heterocycles. The number of nitrogens with two attached hydrogens (primary N) is 2. The predicted molar refractivity (Wildman–Crippen MR) is 264 cm³/mol. The molecule has 3 saturated carbocycles. The molecular weight excluding hydrogens is 917 g/mol. The van der Waals surface area contributed by atoms with Gasteiger partial charge in [0, 0.05) is 56.0 Å². The van der Waals surface area contributed by atoms with Crippen molar-refractivity contribution >= 4 is 35.4 Å². The molecule has 0 aliphatic heterocycles. The largest absolute Gasteiger partial charge is 0.496 e. The van der Waals surface area contributed by atoms with Gasteiger partial charge in [-0.2, -0.15) is 0 Å². The van der Waals surface area contributed by atoms with Crippen LogP contribution in [0.15, 0.2) is 36.4 Å². The summed E-state index contributed by atoms with van der Waals surface area (Å²) < 4.78 is 33.0. The van der Waals surface area contributed by atoms with Crippen molar-refractivity contribution in [3.63, 3.8) is 0 Å². The molecule has 3 aromatic carbocycles. The van der Waals surface area contributed by atoms with E-state index in [-0.39, 0.29) is 115 Å². The highest BCUT2D eigenvalue weighted by Crippen LogP contribution is 2.57. The van der Waals surface area contributed by atoms with Crippen molar-refractivity contribution in [2.45, 2.75) is 88.8 Å². The highest BCUT2D eigenvalue weighted by Gasteiger charge is 2.55. The molecule has 10 N–H and O–H groups in total. The summed E-state index contributed by atoms with van der Waals surface area (Å²) in [4.78, 5) is 80.8. The number of nitrogens with one attached hydrogen (secondary N) is 6. The summed E-state index contributed by atoms with van der Waals surface area (Å²) in [6, 6.07) is 8.56. The first kappa shape index (κ1) is 53.5. The maximum Gasteiger partial charge on any atom is 0.255 e. The summed E-state index contributed by atoms with van der Waals surface area (Å²) >= 11 is 0. The Balaban J connectivity index is 1.01. The third-order valence-corrected chi connectivity index (χ3v) is 13.9. The number of amides is 6. The first-order chi connectivity index (χ1) is 34.3. The summed E-state index contributed by atoms with van der Waals surface area (Å²) in [6.07, 6.45) is 7.73. The van der Waals surface area contributed by atoms with Crippen LogP contribution in [0.4, 0.5) is 0 Å². The monoisotopic (exact) mass is 987 g/mol. The topological polar surface area (TPSA) is 282 Å². The van der Waals surface area contributed by atoms with Crippen LogP contribution < -0.4 is 71.8 Å². The lowest BCUT2D eigenvalue weighted by Gasteiger charge is -2.30.